The maximum Gasteiger partial charge on any atom is 0.326 e. The highest BCUT2D eigenvalue weighted by molar-refractivity contribution is 5.93. The van der Waals surface area contributed by atoms with E-state index in [0.717, 1.165) is 0 Å². The normalized spacial score (nSPS) is 12.8. The maximum atomic E-state index is 11.8. The molecule has 0 spiro atoms. The predicted molar refractivity (Wildman–Crippen MR) is 74.2 cm³/mol. The number of anilines is 1. The summed E-state index contributed by atoms with van der Waals surface area (Å²) in [6.07, 6.45) is 0.631. The number of nitrogens with zero attached hydrogens (tertiary/aromatic N) is 1. The number of hydrogen-bond acceptors (Lipinski definition) is 3. The summed E-state index contributed by atoms with van der Waals surface area (Å²) in [6.45, 7) is 3.60. The van der Waals surface area contributed by atoms with Gasteiger partial charge in [0.25, 0.3) is 0 Å². The Balaban J connectivity index is 2.76. The van der Waals surface area contributed by atoms with E-state index < -0.39 is 18.0 Å². The Bertz CT molecular complexity index is 537. The lowest BCUT2D eigenvalue weighted by Crippen LogP contribution is -2.46. The molecule has 1 rings (SSSR count). The van der Waals surface area contributed by atoms with Crippen LogP contribution in [0.15, 0.2) is 24.3 Å². The number of nitrogens with one attached hydrogen (secondary N) is 2. The second-order valence-corrected chi connectivity index (χ2v) is 4.46. The zero-order valence-electron chi connectivity index (χ0n) is 11.4. The van der Waals surface area contributed by atoms with Crippen LogP contribution >= 0.6 is 0 Å². The third kappa shape index (κ3) is 3.99. The highest BCUT2D eigenvalue weighted by Gasteiger charge is 2.25. The van der Waals surface area contributed by atoms with Crippen LogP contribution in [-0.4, -0.2) is 23.1 Å². The van der Waals surface area contributed by atoms with Crippen molar-refractivity contribution in [2.75, 3.05) is 5.32 Å². The number of carboxylic acid groups (broad SMARTS) is 1. The number of carboxylic acids is 1. The van der Waals surface area contributed by atoms with Crippen molar-refractivity contribution >= 4 is 17.7 Å². The van der Waals surface area contributed by atoms with Crippen LogP contribution in [-0.2, 0) is 4.79 Å². The number of benzene rings is 1. The van der Waals surface area contributed by atoms with E-state index in [0.29, 0.717) is 17.7 Å². The van der Waals surface area contributed by atoms with Crippen molar-refractivity contribution in [1.29, 1.82) is 5.26 Å². The zero-order chi connectivity index (χ0) is 15.1. The standard InChI is InChI=1S/C14H17N3O3/c1-3-9(2)12(13(18)19)17-14(20)16-11-7-5-4-6-10(11)8-15/h4-7,9,12H,3H2,1-2H3,(H,18,19)(H2,16,17,20)/t9?,12-/m0/s1. The molecule has 0 aliphatic heterocycles. The van der Waals surface area contributed by atoms with Gasteiger partial charge in [-0.2, -0.15) is 5.26 Å². The lowest BCUT2D eigenvalue weighted by molar-refractivity contribution is -0.140. The number of hydrogen-bond donors (Lipinski definition) is 3. The molecule has 0 radical (unpaired) electrons. The molecule has 3 N–H and O–H groups in total. The van der Waals surface area contributed by atoms with Crippen LogP contribution < -0.4 is 10.6 Å². The molecule has 1 aromatic rings. The van der Waals surface area contributed by atoms with Crippen LogP contribution in [0.25, 0.3) is 0 Å². The quantitative estimate of drug-likeness (QED) is 0.766. The van der Waals surface area contributed by atoms with Gasteiger partial charge in [0, 0.05) is 0 Å². The second kappa shape index (κ2) is 7.14. The fraction of sp³-hybridized carbons (Fsp3) is 0.357. The summed E-state index contributed by atoms with van der Waals surface area (Å²) < 4.78 is 0. The Morgan fingerprint density at radius 3 is 2.60 bits per heavy atom. The fourth-order valence-corrected chi connectivity index (χ4v) is 1.67. The summed E-state index contributed by atoms with van der Waals surface area (Å²) in [6, 6.07) is 6.86. The molecule has 0 bridgehead atoms. The first-order chi connectivity index (χ1) is 9.49. The lowest BCUT2D eigenvalue weighted by atomic mass is 9.99. The van der Waals surface area contributed by atoms with Gasteiger partial charge in [0.1, 0.15) is 12.1 Å². The summed E-state index contributed by atoms with van der Waals surface area (Å²) in [5.41, 5.74) is 0.666. The van der Waals surface area contributed by atoms with Gasteiger partial charge in [-0.05, 0) is 18.1 Å². The molecule has 0 saturated carbocycles. The summed E-state index contributed by atoms with van der Waals surface area (Å²) >= 11 is 0. The molecular weight excluding hydrogens is 258 g/mol. The molecule has 0 saturated heterocycles. The molecule has 0 aliphatic rings. The minimum Gasteiger partial charge on any atom is -0.480 e. The Kier molecular flexibility index (Phi) is 5.54. The first kappa shape index (κ1) is 15.5. The third-order valence-electron chi connectivity index (χ3n) is 3.06. The van der Waals surface area contributed by atoms with Crippen molar-refractivity contribution in [2.45, 2.75) is 26.3 Å². The van der Waals surface area contributed by atoms with Gasteiger partial charge in [-0.3, -0.25) is 0 Å². The van der Waals surface area contributed by atoms with Crippen molar-refractivity contribution in [2.24, 2.45) is 5.92 Å². The first-order valence-electron chi connectivity index (χ1n) is 6.29. The van der Waals surface area contributed by atoms with Crippen molar-refractivity contribution in [3.63, 3.8) is 0 Å². The van der Waals surface area contributed by atoms with Crippen molar-refractivity contribution < 1.29 is 14.7 Å². The predicted octanol–water partition coefficient (Wildman–Crippen LogP) is 2.18. The van der Waals surface area contributed by atoms with Gasteiger partial charge in [0.2, 0.25) is 0 Å². The van der Waals surface area contributed by atoms with E-state index in [1.807, 2.05) is 13.0 Å². The SMILES string of the molecule is CCC(C)[C@H](NC(=O)Nc1ccccc1C#N)C(=O)O. The number of amides is 2. The van der Waals surface area contributed by atoms with Crippen molar-refractivity contribution in [3.05, 3.63) is 29.8 Å². The number of carbonyl (C=O) groups excluding carboxylic acids is 1. The Labute approximate surface area is 117 Å². The van der Waals surface area contributed by atoms with Gasteiger partial charge >= 0.3 is 12.0 Å². The molecule has 0 aromatic heterocycles. The molecule has 0 heterocycles. The van der Waals surface area contributed by atoms with Gasteiger partial charge in [-0.1, -0.05) is 32.4 Å². The van der Waals surface area contributed by atoms with Gasteiger partial charge in [0.15, 0.2) is 0 Å². The number of rotatable bonds is 5. The Hall–Kier alpha value is -2.55. The van der Waals surface area contributed by atoms with Crippen LogP contribution in [0.5, 0.6) is 0 Å². The largest absolute Gasteiger partial charge is 0.480 e. The summed E-state index contributed by atoms with van der Waals surface area (Å²) in [5, 5.41) is 22.9. The lowest BCUT2D eigenvalue weighted by Gasteiger charge is -2.20. The van der Waals surface area contributed by atoms with Gasteiger partial charge in [0.05, 0.1) is 11.3 Å². The van der Waals surface area contributed by atoms with Crippen molar-refractivity contribution in [3.8, 4) is 6.07 Å². The monoisotopic (exact) mass is 275 g/mol. The minimum absolute atomic E-state index is 0.190. The average Bonchev–Trinajstić information content (AvgIpc) is 2.44. The smallest absolute Gasteiger partial charge is 0.326 e. The number of carbonyl (C=O) groups is 2. The zero-order valence-corrected chi connectivity index (χ0v) is 11.4. The molecule has 6 heteroatoms. The number of aliphatic carboxylic acids is 1. The second-order valence-electron chi connectivity index (χ2n) is 4.46. The van der Waals surface area contributed by atoms with E-state index in [1.54, 1.807) is 31.2 Å². The number of nitriles is 1. The van der Waals surface area contributed by atoms with Crippen molar-refractivity contribution in [1.82, 2.24) is 5.32 Å². The van der Waals surface area contributed by atoms with Gasteiger partial charge in [-0.15, -0.1) is 0 Å². The van der Waals surface area contributed by atoms with Crippen LogP contribution in [0.3, 0.4) is 0 Å². The number of para-hydroxylation sites is 1. The maximum absolute atomic E-state index is 11.8. The van der Waals surface area contributed by atoms with Crippen LogP contribution in [0.1, 0.15) is 25.8 Å². The topological polar surface area (TPSA) is 102 Å². The van der Waals surface area contributed by atoms with Gasteiger partial charge < -0.3 is 15.7 Å². The molecule has 0 aliphatic carbocycles. The molecular formula is C14H17N3O3. The van der Waals surface area contributed by atoms with Crippen LogP contribution in [0, 0.1) is 17.2 Å². The Morgan fingerprint density at radius 2 is 2.05 bits per heavy atom. The van der Waals surface area contributed by atoms with E-state index in [4.69, 9.17) is 10.4 Å². The van der Waals surface area contributed by atoms with Crippen LogP contribution in [0.4, 0.5) is 10.5 Å². The molecule has 2 amide bonds. The molecule has 6 nitrogen and oxygen atoms in total. The van der Waals surface area contributed by atoms with Gasteiger partial charge in [-0.25, -0.2) is 9.59 Å². The molecule has 20 heavy (non-hydrogen) atoms. The molecule has 1 unspecified atom stereocenters. The Morgan fingerprint density at radius 1 is 1.40 bits per heavy atom. The summed E-state index contributed by atoms with van der Waals surface area (Å²) in [7, 11) is 0. The van der Waals surface area contributed by atoms with E-state index in [2.05, 4.69) is 10.6 Å². The van der Waals surface area contributed by atoms with Crippen LogP contribution in [0.2, 0.25) is 0 Å². The van der Waals surface area contributed by atoms with E-state index in [1.165, 1.54) is 0 Å². The van der Waals surface area contributed by atoms with E-state index in [9.17, 15) is 9.59 Å². The van der Waals surface area contributed by atoms with E-state index in [-0.39, 0.29) is 5.92 Å². The number of urea groups is 1. The third-order valence-corrected chi connectivity index (χ3v) is 3.06. The highest BCUT2D eigenvalue weighted by atomic mass is 16.4. The highest BCUT2D eigenvalue weighted by Crippen LogP contribution is 2.14. The molecule has 0 fully saturated rings. The fourth-order valence-electron chi connectivity index (χ4n) is 1.67. The molecule has 2 atom stereocenters. The van der Waals surface area contributed by atoms with E-state index >= 15 is 0 Å². The first-order valence-corrected chi connectivity index (χ1v) is 6.29. The summed E-state index contributed by atoms with van der Waals surface area (Å²) in [5.74, 6) is -1.27. The average molecular weight is 275 g/mol. The minimum atomic E-state index is -1.08. The molecule has 1 aromatic carbocycles. The molecule has 106 valence electrons. The summed E-state index contributed by atoms with van der Waals surface area (Å²) in [4.78, 5) is 22.9.